The molecule has 2 rings (SSSR count). The van der Waals surface area contributed by atoms with Crippen LogP contribution in [0.15, 0.2) is 42.5 Å². The third kappa shape index (κ3) is 2.54. The SMILES string of the molecule is O[C@H]1[C@H](O)[C@@H]([Se]c2ccccc2)C=C[C@H]1O. The van der Waals surface area contributed by atoms with Crippen molar-refractivity contribution in [1.82, 2.24) is 0 Å². The van der Waals surface area contributed by atoms with Gasteiger partial charge in [0.05, 0.1) is 0 Å². The first-order valence-electron chi connectivity index (χ1n) is 5.13. The molecule has 4 heteroatoms. The second kappa shape index (κ2) is 5.13. The summed E-state index contributed by atoms with van der Waals surface area (Å²) in [6.45, 7) is 0. The van der Waals surface area contributed by atoms with Crippen LogP contribution in [0, 0.1) is 0 Å². The van der Waals surface area contributed by atoms with Crippen molar-refractivity contribution in [2.45, 2.75) is 23.1 Å². The summed E-state index contributed by atoms with van der Waals surface area (Å²) >= 11 is 0.0678. The molecule has 3 N–H and O–H groups in total. The van der Waals surface area contributed by atoms with E-state index >= 15 is 0 Å². The van der Waals surface area contributed by atoms with Gasteiger partial charge in [0.25, 0.3) is 0 Å². The minimum absolute atomic E-state index is 0.0678. The van der Waals surface area contributed by atoms with Crippen molar-refractivity contribution in [3.8, 4) is 0 Å². The Balaban J connectivity index is 2.08. The van der Waals surface area contributed by atoms with E-state index in [-0.39, 0.29) is 19.8 Å². The van der Waals surface area contributed by atoms with Gasteiger partial charge >= 0.3 is 100 Å². The van der Waals surface area contributed by atoms with Crippen LogP contribution in [0.3, 0.4) is 0 Å². The van der Waals surface area contributed by atoms with Gasteiger partial charge in [0.1, 0.15) is 0 Å². The molecule has 86 valence electrons. The van der Waals surface area contributed by atoms with E-state index in [0.29, 0.717) is 0 Å². The fraction of sp³-hybridized carbons (Fsp3) is 0.333. The van der Waals surface area contributed by atoms with E-state index in [1.807, 2.05) is 30.3 Å². The van der Waals surface area contributed by atoms with Crippen molar-refractivity contribution in [3.05, 3.63) is 42.5 Å². The summed E-state index contributed by atoms with van der Waals surface area (Å²) in [4.78, 5) is -0.0756. The molecular formula is C12H14O3Se. The van der Waals surface area contributed by atoms with E-state index < -0.39 is 18.3 Å². The Morgan fingerprint density at radius 3 is 2.25 bits per heavy atom. The van der Waals surface area contributed by atoms with Crippen molar-refractivity contribution in [2.24, 2.45) is 0 Å². The van der Waals surface area contributed by atoms with E-state index in [1.165, 1.54) is 4.46 Å². The number of hydrogen-bond acceptors (Lipinski definition) is 3. The summed E-state index contributed by atoms with van der Waals surface area (Å²) in [6, 6.07) is 9.89. The second-order valence-corrected chi connectivity index (χ2v) is 6.38. The molecule has 1 aliphatic carbocycles. The predicted molar refractivity (Wildman–Crippen MR) is 62.7 cm³/mol. The zero-order valence-electron chi connectivity index (χ0n) is 8.60. The van der Waals surface area contributed by atoms with Gasteiger partial charge in [0, 0.05) is 0 Å². The number of rotatable bonds is 2. The number of aliphatic hydroxyl groups excluding tert-OH is 3. The van der Waals surface area contributed by atoms with Crippen molar-refractivity contribution < 1.29 is 15.3 Å². The molecule has 1 aromatic carbocycles. The molecule has 0 aliphatic heterocycles. The van der Waals surface area contributed by atoms with Gasteiger partial charge in [-0.2, -0.15) is 0 Å². The molecular weight excluding hydrogens is 271 g/mol. The average Bonchev–Trinajstić information content (AvgIpc) is 2.31. The molecule has 0 saturated heterocycles. The van der Waals surface area contributed by atoms with Gasteiger partial charge in [-0.1, -0.05) is 0 Å². The Morgan fingerprint density at radius 1 is 0.875 bits per heavy atom. The third-order valence-corrected chi connectivity index (χ3v) is 5.18. The molecule has 0 bridgehead atoms. The molecule has 0 spiro atoms. The monoisotopic (exact) mass is 286 g/mol. The molecule has 0 radical (unpaired) electrons. The molecule has 16 heavy (non-hydrogen) atoms. The van der Waals surface area contributed by atoms with E-state index in [0.717, 1.165) is 0 Å². The number of aliphatic hydroxyl groups is 3. The molecule has 1 aromatic rings. The van der Waals surface area contributed by atoms with Crippen LogP contribution >= 0.6 is 0 Å². The van der Waals surface area contributed by atoms with Gasteiger partial charge in [0.2, 0.25) is 0 Å². The van der Waals surface area contributed by atoms with Crippen molar-refractivity contribution in [2.75, 3.05) is 0 Å². The molecule has 4 atom stereocenters. The van der Waals surface area contributed by atoms with Crippen LogP contribution in [0.2, 0.25) is 4.82 Å². The Bertz CT molecular complexity index is 366. The third-order valence-electron chi connectivity index (χ3n) is 2.55. The fourth-order valence-corrected chi connectivity index (χ4v) is 3.92. The topological polar surface area (TPSA) is 60.7 Å². The first-order valence-corrected chi connectivity index (χ1v) is 6.97. The number of benzene rings is 1. The van der Waals surface area contributed by atoms with Crippen LogP contribution in [-0.2, 0) is 0 Å². The van der Waals surface area contributed by atoms with Crippen LogP contribution in [0.1, 0.15) is 0 Å². The number of hydrogen-bond donors (Lipinski definition) is 3. The Labute approximate surface area is 101 Å². The quantitative estimate of drug-likeness (QED) is 0.505. The summed E-state index contributed by atoms with van der Waals surface area (Å²) < 4.78 is 1.17. The Morgan fingerprint density at radius 2 is 1.56 bits per heavy atom. The summed E-state index contributed by atoms with van der Waals surface area (Å²) in [5, 5.41) is 28.7. The summed E-state index contributed by atoms with van der Waals surface area (Å²) in [7, 11) is 0. The normalized spacial score (nSPS) is 33.9. The maximum atomic E-state index is 9.82. The van der Waals surface area contributed by atoms with Gasteiger partial charge < -0.3 is 0 Å². The van der Waals surface area contributed by atoms with Gasteiger partial charge in [0.15, 0.2) is 0 Å². The predicted octanol–water partition coefficient (Wildman–Crippen LogP) is -0.543. The molecule has 0 saturated carbocycles. The van der Waals surface area contributed by atoms with E-state index in [2.05, 4.69) is 0 Å². The van der Waals surface area contributed by atoms with E-state index in [1.54, 1.807) is 12.2 Å². The molecule has 0 fully saturated rings. The fourth-order valence-electron chi connectivity index (χ4n) is 1.61. The first kappa shape index (κ1) is 11.8. The van der Waals surface area contributed by atoms with Crippen molar-refractivity contribution >= 4 is 19.4 Å². The zero-order valence-corrected chi connectivity index (χ0v) is 10.3. The molecule has 0 heterocycles. The standard InChI is InChI=1S/C12H14O3Se/c13-9-6-7-10(12(15)11(9)14)16-8-4-2-1-3-5-8/h1-7,9-15H/t9-,10+,11-,12-/m1/s1. The van der Waals surface area contributed by atoms with Crippen LogP contribution in [0.5, 0.6) is 0 Å². The van der Waals surface area contributed by atoms with Crippen molar-refractivity contribution in [1.29, 1.82) is 0 Å². The molecule has 1 aliphatic rings. The van der Waals surface area contributed by atoms with Crippen LogP contribution in [-0.4, -0.2) is 48.6 Å². The summed E-state index contributed by atoms with van der Waals surface area (Å²) in [5.41, 5.74) is 0. The van der Waals surface area contributed by atoms with Crippen LogP contribution in [0.4, 0.5) is 0 Å². The van der Waals surface area contributed by atoms with E-state index in [9.17, 15) is 15.3 Å². The van der Waals surface area contributed by atoms with Gasteiger partial charge in [-0.25, -0.2) is 0 Å². The van der Waals surface area contributed by atoms with Gasteiger partial charge in [-0.3, -0.25) is 0 Å². The first-order chi connectivity index (χ1) is 7.68. The van der Waals surface area contributed by atoms with Gasteiger partial charge in [-0.05, 0) is 0 Å². The van der Waals surface area contributed by atoms with Gasteiger partial charge in [-0.15, -0.1) is 0 Å². The second-order valence-electron chi connectivity index (χ2n) is 3.75. The maximum absolute atomic E-state index is 9.82. The zero-order chi connectivity index (χ0) is 11.5. The molecule has 0 aromatic heterocycles. The average molecular weight is 285 g/mol. The summed E-state index contributed by atoms with van der Waals surface area (Å²) in [5.74, 6) is 0. The van der Waals surface area contributed by atoms with Crippen molar-refractivity contribution in [3.63, 3.8) is 0 Å². The molecule has 0 unspecified atom stereocenters. The summed E-state index contributed by atoms with van der Waals surface area (Å²) in [6.07, 6.45) is 0.473. The molecule has 0 amide bonds. The minimum atomic E-state index is -1.07. The van der Waals surface area contributed by atoms with E-state index in [4.69, 9.17) is 0 Å². The van der Waals surface area contributed by atoms with Crippen LogP contribution in [0.25, 0.3) is 0 Å². The Kier molecular flexibility index (Phi) is 3.79. The van der Waals surface area contributed by atoms with Crippen LogP contribution < -0.4 is 4.46 Å². The Hall–Kier alpha value is -0.641. The molecule has 3 nitrogen and oxygen atoms in total.